The first-order chi connectivity index (χ1) is 11.4. The van der Waals surface area contributed by atoms with Gasteiger partial charge in [-0.2, -0.15) is 0 Å². The summed E-state index contributed by atoms with van der Waals surface area (Å²) in [7, 11) is 3.49. The average Bonchev–Trinajstić information content (AvgIpc) is 3.06. The Labute approximate surface area is 173 Å². The topological polar surface area (TPSA) is 92.2 Å². The van der Waals surface area contributed by atoms with Gasteiger partial charge in [-0.25, -0.2) is 9.59 Å². The highest BCUT2D eigenvalue weighted by atomic mass is 79.9. The van der Waals surface area contributed by atoms with Gasteiger partial charge < -0.3 is 44.2 Å². The molecular formula is C16H24Br2N4O4. The predicted octanol–water partition coefficient (Wildman–Crippen LogP) is -5.40. The van der Waals surface area contributed by atoms with Crippen LogP contribution in [0.15, 0.2) is 24.5 Å². The van der Waals surface area contributed by atoms with E-state index in [0.717, 1.165) is 38.8 Å². The Kier molecular flexibility index (Phi) is 10.4. The maximum absolute atomic E-state index is 11.0. The lowest BCUT2D eigenvalue weighted by molar-refractivity contribution is -0.774. The summed E-state index contributed by atoms with van der Waals surface area (Å²) >= 11 is 0. The second-order valence-corrected chi connectivity index (χ2v) is 5.80. The van der Waals surface area contributed by atoms with Gasteiger partial charge in [-0.1, -0.05) is 0 Å². The van der Waals surface area contributed by atoms with E-state index in [4.69, 9.17) is 10.2 Å². The third-order valence-corrected chi connectivity index (χ3v) is 4.24. The van der Waals surface area contributed by atoms with Crippen molar-refractivity contribution in [1.29, 1.82) is 0 Å². The quantitative estimate of drug-likeness (QED) is 0.268. The van der Waals surface area contributed by atoms with Gasteiger partial charge in [0.05, 0.1) is 14.1 Å². The van der Waals surface area contributed by atoms with Crippen molar-refractivity contribution in [2.75, 3.05) is 0 Å². The van der Waals surface area contributed by atoms with E-state index in [0.29, 0.717) is 0 Å². The summed E-state index contributed by atoms with van der Waals surface area (Å²) < 4.78 is 7.09. The molecule has 0 aliphatic rings. The normalized spacial score (nSPS) is 10.1. The maximum atomic E-state index is 11.0. The highest BCUT2D eigenvalue weighted by Crippen LogP contribution is 2.02. The summed E-state index contributed by atoms with van der Waals surface area (Å²) in [5.41, 5.74) is 0.564. The number of hydrogen-bond acceptors (Lipinski definition) is 2. The highest BCUT2D eigenvalue weighted by Gasteiger charge is 2.17. The maximum Gasteiger partial charge on any atom is 0.358 e. The van der Waals surface area contributed by atoms with Crippen molar-refractivity contribution in [3.63, 3.8) is 0 Å². The van der Waals surface area contributed by atoms with E-state index in [1.54, 1.807) is 48.0 Å². The predicted molar refractivity (Wildman–Crippen MR) is 83.6 cm³/mol. The molecule has 0 saturated carbocycles. The van der Waals surface area contributed by atoms with Gasteiger partial charge in [0.2, 0.25) is 0 Å². The molecule has 0 unspecified atom stereocenters. The number of halogens is 2. The minimum Gasteiger partial charge on any atom is -1.00 e. The summed E-state index contributed by atoms with van der Waals surface area (Å²) in [5, 5.41) is 18.0. The van der Waals surface area contributed by atoms with Gasteiger partial charge in [0.25, 0.3) is 0 Å². The van der Waals surface area contributed by atoms with Crippen LogP contribution in [0.1, 0.15) is 46.7 Å². The molecule has 0 atom stereocenters. The van der Waals surface area contributed by atoms with Crippen molar-refractivity contribution < 1.29 is 63.1 Å². The van der Waals surface area contributed by atoms with Crippen molar-refractivity contribution in [3.05, 3.63) is 35.9 Å². The van der Waals surface area contributed by atoms with Crippen molar-refractivity contribution in [2.24, 2.45) is 14.1 Å². The van der Waals surface area contributed by atoms with E-state index in [1.807, 2.05) is 9.36 Å². The third kappa shape index (κ3) is 5.94. The summed E-state index contributed by atoms with van der Waals surface area (Å²) in [6.07, 6.45) is 7.60. The highest BCUT2D eigenvalue weighted by molar-refractivity contribution is 5.85. The first-order valence-electron chi connectivity index (χ1n) is 7.99. The van der Waals surface area contributed by atoms with Crippen molar-refractivity contribution in [3.8, 4) is 0 Å². The molecule has 146 valence electrons. The average molecular weight is 496 g/mol. The van der Waals surface area contributed by atoms with Gasteiger partial charge in [0.1, 0.15) is 0 Å². The van der Waals surface area contributed by atoms with E-state index >= 15 is 0 Å². The van der Waals surface area contributed by atoms with Crippen LogP contribution in [0.2, 0.25) is 0 Å². The molecule has 0 fully saturated rings. The molecule has 2 N–H and O–H groups in total. The number of aromatic nitrogens is 4. The molecule has 2 aromatic heterocycles. The number of hydrogen-bond donors (Lipinski definition) is 2. The van der Waals surface area contributed by atoms with Crippen molar-refractivity contribution in [1.82, 2.24) is 9.36 Å². The smallest absolute Gasteiger partial charge is 0.358 e. The number of nitrogens with zero attached hydrogens (tertiary/aromatic N) is 4. The molecule has 0 aliphatic heterocycles. The second-order valence-electron chi connectivity index (χ2n) is 5.80. The number of aryl methyl sites for hydroxylation is 2. The molecule has 0 amide bonds. The summed E-state index contributed by atoms with van der Waals surface area (Å²) in [4.78, 5) is 22.0. The zero-order chi connectivity index (χ0) is 17.7. The Morgan fingerprint density at radius 1 is 0.808 bits per heavy atom. The number of carboxylic acid groups (broad SMARTS) is 2. The zero-order valence-electron chi connectivity index (χ0n) is 14.8. The van der Waals surface area contributed by atoms with Gasteiger partial charge >= 0.3 is 11.9 Å². The first-order valence-corrected chi connectivity index (χ1v) is 7.99. The van der Waals surface area contributed by atoms with Crippen molar-refractivity contribution >= 4 is 11.9 Å². The second kappa shape index (κ2) is 11.1. The van der Waals surface area contributed by atoms with Gasteiger partial charge in [-0.3, -0.25) is 0 Å². The number of unbranched alkanes of at least 4 members (excludes halogenated alkanes) is 3. The van der Waals surface area contributed by atoms with Gasteiger partial charge in [0.15, 0.2) is 36.9 Å². The van der Waals surface area contributed by atoms with E-state index in [1.165, 1.54) is 0 Å². The van der Waals surface area contributed by atoms with E-state index in [9.17, 15) is 9.59 Å². The zero-order valence-corrected chi connectivity index (χ0v) is 18.0. The van der Waals surface area contributed by atoms with Gasteiger partial charge in [0, 0.05) is 25.0 Å². The van der Waals surface area contributed by atoms with Crippen molar-refractivity contribution in [2.45, 2.75) is 38.8 Å². The minimum absolute atomic E-state index is 0. The lowest BCUT2D eigenvalue weighted by atomic mass is 10.2. The van der Waals surface area contributed by atoms with Gasteiger partial charge in [-0.05, 0) is 12.8 Å². The SMILES string of the molecule is Cn1c(C(=O)O)cc[n+]1CCCCCC[n+]1ccc(C(=O)O)n1C.[Br-].[Br-]. The standard InChI is InChI=1S/C16H22N4O4.2BrH/c1-17-13(15(21)22)7-11-19(17)9-5-3-4-6-10-20-12-8-14(16(23)24)18(20)2;;/h7-8,11-12H,3-6,9-10H2,1-2H3;2*1H. The van der Waals surface area contributed by atoms with Crippen LogP contribution in [0.4, 0.5) is 0 Å². The molecule has 26 heavy (non-hydrogen) atoms. The molecule has 2 heterocycles. The Morgan fingerprint density at radius 3 is 1.42 bits per heavy atom. The Morgan fingerprint density at radius 2 is 1.15 bits per heavy atom. The molecule has 8 nitrogen and oxygen atoms in total. The molecule has 0 aromatic carbocycles. The van der Waals surface area contributed by atoms with Crippen LogP contribution >= 0.6 is 0 Å². The summed E-state index contributed by atoms with van der Waals surface area (Å²) in [6.45, 7) is 1.56. The van der Waals surface area contributed by atoms with Crippen LogP contribution in [-0.4, -0.2) is 31.5 Å². The van der Waals surface area contributed by atoms with E-state index < -0.39 is 11.9 Å². The summed E-state index contributed by atoms with van der Waals surface area (Å²) in [5.74, 6) is -1.84. The molecule has 0 spiro atoms. The number of rotatable bonds is 9. The van der Waals surface area contributed by atoms with Gasteiger partial charge in [-0.15, -0.1) is 18.7 Å². The van der Waals surface area contributed by atoms with E-state index in [2.05, 4.69) is 0 Å². The molecule has 0 radical (unpaired) electrons. The third-order valence-electron chi connectivity index (χ3n) is 4.24. The Hall–Kier alpha value is -1.68. The minimum atomic E-state index is -0.920. The fourth-order valence-corrected chi connectivity index (χ4v) is 2.78. The fourth-order valence-electron chi connectivity index (χ4n) is 2.78. The molecule has 0 saturated heterocycles. The Bertz CT molecular complexity index is 680. The largest absolute Gasteiger partial charge is 1.00 e. The van der Waals surface area contributed by atoms with Crippen LogP contribution in [0.3, 0.4) is 0 Å². The lowest BCUT2D eigenvalue weighted by Gasteiger charge is -2.01. The number of aromatic carboxylic acids is 2. The lowest BCUT2D eigenvalue weighted by Crippen LogP contribution is -3.00. The van der Waals surface area contributed by atoms with Crippen LogP contribution in [0, 0.1) is 0 Å². The van der Waals surface area contributed by atoms with Crippen LogP contribution in [-0.2, 0) is 27.2 Å². The first kappa shape index (κ1) is 24.3. The fraction of sp³-hybridized carbons (Fsp3) is 0.500. The molecule has 0 bridgehead atoms. The summed E-state index contributed by atoms with van der Waals surface area (Å²) in [6, 6.07) is 3.21. The van der Waals surface area contributed by atoms with E-state index in [-0.39, 0.29) is 45.4 Å². The Balaban J connectivity index is 0.00000312. The van der Waals surface area contributed by atoms with Crippen LogP contribution in [0.5, 0.6) is 0 Å². The van der Waals surface area contributed by atoms with Crippen LogP contribution in [0.25, 0.3) is 0 Å². The van der Waals surface area contributed by atoms with Crippen LogP contribution < -0.4 is 43.3 Å². The molecule has 0 aliphatic carbocycles. The number of carboxylic acids is 2. The molecule has 2 aromatic rings. The number of carbonyl (C=O) groups is 2. The monoisotopic (exact) mass is 494 g/mol. The molecule has 2 rings (SSSR count). The molecular weight excluding hydrogens is 472 g/mol. The molecule has 10 heteroatoms.